The zero-order valence-electron chi connectivity index (χ0n) is 9.79. The Morgan fingerprint density at radius 1 is 1.19 bits per heavy atom. The van der Waals surface area contributed by atoms with Gasteiger partial charge in [-0.3, -0.25) is 4.18 Å². The number of fused-ring (bicyclic) bond motifs is 5. The van der Waals surface area contributed by atoms with E-state index in [0.29, 0.717) is 24.3 Å². The highest BCUT2D eigenvalue weighted by Gasteiger charge is 2.70. The molecule has 6 heteroatoms. The Kier molecular flexibility index (Phi) is 2.04. The predicted octanol–water partition coefficient (Wildman–Crippen LogP) is -0.280. The summed E-state index contributed by atoms with van der Waals surface area (Å²) >= 11 is 0. The van der Waals surface area contributed by atoms with Gasteiger partial charge in [0, 0.05) is 12.8 Å². The zero-order chi connectivity index (χ0) is 11.7. The minimum atomic E-state index is -3.33. The first kappa shape index (κ1) is 11.0. The van der Waals surface area contributed by atoms with Crippen molar-refractivity contribution in [2.75, 3.05) is 20.4 Å². The second-order valence-electron chi connectivity index (χ2n) is 5.72. The molecule has 3 fully saturated rings. The van der Waals surface area contributed by atoms with Crippen molar-refractivity contribution in [1.82, 2.24) is 0 Å². The van der Waals surface area contributed by atoms with Crippen LogP contribution in [0.2, 0.25) is 0 Å². The van der Waals surface area contributed by atoms with Crippen LogP contribution in [0.1, 0.15) is 12.8 Å². The van der Waals surface area contributed by atoms with Gasteiger partial charge in [-0.2, -0.15) is 8.42 Å². The van der Waals surface area contributed by atoms with Crippen molar-refractivity contribution in [3.63, 3.8) is 0 Å². The lowest BCUT2D eigenvalue weighted by atomic mass is 9.97. The van der Waals surface area contributed by atoms with Gasteiger partial charge in [0.15, 0.2) is 0 Å². The Balaban J connectivity index is 1.78. The van der Waals surface area contributed by atoms with E-state index in [0.717, 1.165) is 23.6 Å². The van der Waals surface area contributed by atoms with Crippen LogP contribution >= 0.6 is 0 Å². The molecule has 5 atom stereocenters. The topological polar surface area (TPSA) is 55.9 Å². The van der Waals surface area contributed by atoms with E-state index in [9.17, 15) is 8.42 Å². The molecule has 0 radical (unpaired) electrons. The Hall–Kier alpha value is -0.170. The number of hydrogen-bond acceptors (Lipinski definition) is 4. The van der Waals surface area contributed by atoms with Crippen molar-refractivity contribution in [2.24, 2.45) is 0 Å². The summed E-state index contributed by atoms with van der Waals surface area (Å²) in [5, 5.41) is 0. The summed E-state index contributed by atoms with van der Waals surface area (Å²) in [4.78, 5) is 0. The van der Waals surface area contributed by atoms with Crippen LogP contribution in [-0.2, 0) is 19.0 Å². The molecule has 5 nitrogen and oxygen atoms in total. The monoisotopic (exact) mass is 248 g/mol. The van der Waals surface area contributed by atoms with Crippen LogP contribution in [0.5, 0.6) is 0 Å². The molecular formula is C10H18NO4S+. The second-order valence-corrected chi connectivity index (χ2v) is 7.32. The molecule has 92 valence electrons. The minimum absolute atomic E-state index is 0.146. The van der Waals surface area contributed by atoms with Crippen molar-refractivity contribution in [1.29, 1.82) is 0 Å². The molecule has 0 aliphatic carbocycles. The van der Waals surface area contributed by atoms with Gasteiger partial charge in [-0.25, -0.2) is 0 Å². The first-order valence-corrected chi connectivity index (χ1v) is 7.48. The van der Waals surface area contributed by atoms with E-state index in [-0.39, 0.29) is 6.10 Å². The van der Waals surface area contributed by atoms with Crippen LogP contribution in [0.15, 0.2) is 0 Å². The number of hydrogen-bond donors (Lipinski definition) is 0. The highest BCUT2D eigenvalue weighted by Crippen LogP contribution is 2.51. The highest BCUT2D eigenvalue weighted by atomic mass is 32.2. The van der Waals surface area contributed by atoms with Crippen LogP contribution in [0.3, 0.4) is 0 Å². The lowest BCUT2D eigenvalue weighted by molar-refractivity contribution is -0.938. The molecular weight excluding hydrogens is 230 g/mol. The van der Waals surface area contributed by atoms with Crippen LogP contribution in [0, 0.1) is 0 Å². The largest absolute Gasteiger partial charge is 0.357 e. The molecule has 0 aromatic carbocycles. The molecule has 2 bridgehead atoms. The van der Waals surface area contributed by atoms with E-state index in [1.807, 2.05) is 0 Å². The maximum Gasteiger partial charge on any atom is 0.264 e. The van der Waals surface area contributed by atoms with Gasteiger partial charge in [-0.15, -0.1) is 0 Å². The van der Waals surface area contributed by atoms with Crippen LogP contribution in [0.4, 0.5) is 0 Å². The lowest BCUT2D eigenvalue weighted by Crippen LogP contribution is -2.59. The maximum atomic E-state index is 11.1. The molecule has 0 aromatic heterocycles. The fourth-order valence-corrected chi connectivity index (χ4v) is 4.18. The Morgan fingerprint density at radius 3 is 2.12 bits per heavy atom. The fraction of sp³-hybridized carbons (Fsp3) is 1.00. The van der Waals surface area contributed by atoms with Gasteiger partial charge >= 0.3 is 0 Å². The summed E-state index contributed by atoms with van der Waals surface area (Å²) in [5.41, 5.74) is 0. The van der Waals surface area contributed by atoms with E-state index in [1.165, 1.54) is 0 Å². The number of ether oxygens (including phenoxy) is 1. The predicted molar refractivity (Wildman–Crippen MR) is 57.3 cm³/mol. The number of nitrogens with zero attached hydrogens (tertiary/aromatic N) is 1. The van der Waals surface area contributed by atoms with Gasteiger partial charge in [-0.05, 0) is 0 Å². The third-order valence-electron chi connectivity index (χ3n) is 4.35. The van der Waals surface area contributed by atoms with E-state index < -0.39 is 10.1 Å². The molecule has 0 N–H and O–H groups in total. The molecule has 3 heterocycles. The summed E-state index contributed by atoms with van der Waals surface area (Å²) in [6, 6.07) is 0.797. The molecule has 0 spiro atoms. The van der Waals surface area contributed by atoms with E-state index in [1.54, 1.807) is 0 Å². The van der Waals surface area contributed by atoms with E-state index in [4.69, 9.17) is 8.92 Å². The van der Waals surface area contributed by atoms with Gasteiger partial charge < -0.3 is 9.22 Å². The second kappa shape index (κ2) is 2.98. The minimum Gasteiger partial charge on any atom is -0.357 e. The number of likely N-dealkylation sites (N-methyl/N-ethyl adjacent to an activating group) is 1. The first-order valence-electron chi connectivity index (χ1n) is 5.66. The number of morpholine rings is 1. The molecule has 3 saturated heterocycles. The van der Waals surface area contributed by atoms with Crippen molar-refractivity contribution >= 4 is 10.1 Å². The molecule has 0 amide bonds. The normalized spacial score (nSPS) is 48.8. The van der Waals surface area contributed by atoms with Gasteiger partial charge in [0.05, 0.1) is 26.5 Å². The Morgan fingerprint density at radius 2 is 1.69 bits per heavy atom. The highest BCUT2D eigenvalue weighted by molar-refractivity contribution is 7.86. The average molecular weight is 248 g/mol. The number of piperidine rings is 1. The van der Waals surface area contributed by atoms with E-state index in [2.05, 4.69) is 14.1 Å². The fourth-order valence-electron chi connectivity index (χ4n) is 3.53. The Bertz CT molecular complexity index is 399. The molecule has 3 rings (SSSR count). The third-order valence-corrected chi connectivity index (χ3v) is 4.97. The van der Waals surface area contributed by atoms with Gasteiger partial charge in [0.25, 0.3) is 10.1 Å². The van der Waals surface area contributed by atoms with Crippen LogP contribution < -0.4 is 0 Å². The van der Waals surface area contributed by atoms with Gasteiger partial charge in [0.2, 0.25) is 0 Å². The van der Waals surface area contributed by atoms with Crippen molar-refractivity contribution in [3.8, 4) is 0 Å². The molecule has 3 unspecified atom stereocenters. The maximum absolute atomic E-state index is 11.1. The molecule has 16 heavy (non-hydrogen) atoms. The van der Waals surface area contributed by atoms with Crippen molar-refractivity contribution in [2.45, 2.75) is 43.2 Å². The molecule has 3 aliphatic rings. The molecule has 3 aliphatic heterocycles. The van der Waals surface area contributed by atoms with Crippen molar-refractivity contribution < 1.29 is 21.8 Å². The lowest BCUT2D eigenvalue weighted by Gasteiger charge is -2.45. The summed E-state index contributed by atoms with van der Waals surface area (Å²) in [5.74, 6) is 0. The summed E-state index contributed by atoms with van der Waals surface area (Å²) in [7, 11) is 1.09. The number of rotatable bonds is 2. The smallest absolute Gasteiger partial charge is 0.264 e. The van der Waals surface area contributed by atoms with Crippen LogP contribution in [0.25, 0.3) is 0 Å². The summed E-state index contributed by atoms with van der Waals surface area (Å²) < 4.78 is 34.0. The molecule has 0 saturated carbocycles. The number of quaternary nitrogens is 1. The third kappa shape index (κ3) is 1.51. The SMILES string of the molecule is C[N+]1(C)C2CC(OS(C)(=O)=O)CC1[C@@H]1O[C@H]21. The van der Waals surface area contributed by atoms with Gasteiger partial charge in [0.1, 0.15) is 24.3 Å². The van der Waals surface area contributed by atoms with Gasteiger partial charge in [-0.1, -0.05) is 0 Å². The number of epoxide rings is 1. The van der Waals surface area contributed by atoms with E-state index >= 15 is 0 Å². The standard InChI is InChI=1S/C10H18NO4S/c1-11(2)7-4-6(15-16(3,12)13)5-8(11)10-9(7)14-10/h6-10H,4-5H2,1-3H3/q+1/t6?,7?,8?,9-,10+. The summed E-state index contributed by atoms with van der Waals surface area (Å²) in [6.45, 7) is 0. The summed E-state index contributed by atoms with van der Waals surface area (Å²) in [6.07, 6.45) is 3.24. The average Bonchev–Trinajstić information content (AvgIpc) is 2.79. The molecule has 0 aromatic rings. The Labute approximate surface area is 96.0 Å². The quantitative estimate of drug-likeness (QED) is 0.383. The van der Waals surface area contributed by atoms with Crippen molar-refractivity contribution in [3.05, 3.63) is 0 Å². The van der Waals surface area contributed by atoms with Crippen LogP contribution in [-0.4, -0.2) is 63.6 Å². The first-order chi connectivity index (χ1) is 7.29. The zero-order valence-corrected chi connectivity index (χ0v) is 10.6.